The van der Waals surface area contributed by atoms with Crippen LogP contribution in [0.3, 0.4) is 0 Å². The molecule has 9 aromatic carbocycles. The van der Waals surface area contributed by atoms with Crippen LogP contribution in [0.2, 0.25) is 0 Å². The summed E-state index contributed by atoms with van der Waals surface area (Å²) in [6.07, 6.45) is 6.66. The van der Waals surface area contributed by atoms with Gasteiger partial charge in [0.2, 0.25) is 0 Å². The molecular formula is C52H38Se. The molecule has 252 valence electrons. The number of fused-ring (bicyclic) bond motifs is 7. The Morgan fingerprint density at radius 2 is 0.774 bits per heavy atom. The van der Waals surface area contributed by atoms with Crippen molar-refractivity contribution in [1.29, 1.82) is 0 Å². The third kappa shape index (κ3) is 4.95. The van der Waals surface area contributed by atoms with E-state index in [0.29, 0.717) is 5.92 Å². The summed E-state index contributed by atoms with van der Waals surface area (Å²) in [7, 11) is 0. The first-order valence-corrected chi connectivity index (χ1v) is 20.9. The summed E-state index contributed by atoms with van der Waals surface area (Å²) in [6, 6.07) is 62.0. The van der Waals surface area contributed by atoms with E-state index in [4.69, 9.17) is 0 Å². The first-order chi connectivity index (χ1) is 26.3. The summed E-state index contributed by atoms with van der Waals surface area (Å²) in [6.45, 7) is 0. The van der Waals surface area contributed by atoms with Crippen LogP contribution in [0.1, 0.15) is 43.6 Å². The number of rotatable bonds is 4. The van der Waals surface area contributed by atoms with Crippen LogP contribution < -0.4 is 0 Å². The standard InChI is InChI=1S/C52H38Se/c1-3-15-33(16-4-1)49-38-19-7-11-23-42(38)51(43-24-12-8-20-39(43)49)35-28-30-47-46(31-35)37-29-27-36(32-48(37)53-47)52-44-25-13-9-21-40(44)50(34-17-5-2-6-18-34)41-22-10-14-26-45(41)52/h2,5-14,17-33H,1,3-4,15-16H2. The maximum atomic E-state index is 2.51. The normalized spacial score (nSPS) is 14.0. The molecular weight excluding hydrogens is 704 g/mol. The molecule has 1 aromatic heterocycles. The van der Waals surface area contributed by atoms with Gasteiger partial charge in [0.15, 0.2) is 0 Å². The van der Waals surface area contributed by atoms with Crippen LogP contribution in [0.5, 0.6) is 0 Å². The van der Waals surface area contributed by atoms with Gasteiger partial charge in [0.25, 0.3) is 0 Å². The van der Waals surface area contributed by atoms with E-state index in [1.807, 2.05) is 0 Å². The molecule has 0 N–H and O–H groups in total. The van der Waals surface area contributed by atoms with Gasteiger partial charge in [-0.15, -0.1) is 0 Å². The van der Waals surface area contributed by atoms with E-state index in [9.17, 15) is 0 Å². The topological polar surface area (TPSA) is 0 Å². The second kappa shape index (κ2) is 12.6. The van der Waals surface area contributed by atoms with Crippen molar-refractivity contribution < 1.29 is 0 Å². The van der Waals surface area contributed by atoms with Crippen molar-refractivity contribution in [3.63, 3.8) is 0 Å². The Morgan fingerprint density at radius 3 is 1.34 bits per heavy atom. The SMILES string of the molecule is c1ccc(-c2c3ccccc3c(-c3ccc4c(c3)[se]c3ccc(-c5c6ccccc6c(C6CCCCC6)c6ccccc56)cc34)c3ccccc23)cc1. The number of hydrogen-bond acceptors (Lipinski definition) is 0. The second-order valence-electron chi connectivity index (χ2n) is 14.9. The van der Waals surface area contributed by atoms with E-state index >= 15 is 0 Å². The fraction of sp³-hybridized carbons (Fsp3) is 0.115. The van der Waals surface area contributed by atoms with E-state index in [1.54, 1.807) is 5.56 Å². The molecule has 1 aliphatic carbocycles. The quantitative estimate of drug-likeness (QED) is 0.124. The van der Waals surface area contributed by atoms with E-state index in [1.165, 1.54) is 128 Å². The molecule has 1 heteroatoms. The molecule has 0 unspecified atom stereocenters. The second-order valence-corrected chi connectivity index (χ2v) is 17.2. The summed E-state index contributed by atoms with van der Waals surface area (Å²) in [5, 5.41) is 13.7. The monoisotopic (exact) mass is 742 g/mol. The van der Waals surface area contributed by atoms with Gasteiger partial charge in [-0.1, -0.05) is 0 Å². The molecule has 1 aliphatic rings. The Morgan fingerprint density at radius 1 is 0.321 bits per heavy atom. The molecule has 1 fully saturated rings. The molecule has 0 spiro atoms. The van der Waals surface area contributed by atoms with Crippen molar-refractivity contribution in [2.24, 2.45) is 0 Å². The van der Waals surface area contributed by atoms with Crippen molar-refractivity contribution in [3.8, 4) is 33.4 Å². The molecule has 0 radical (unpaired) electrons. The summed E-state index contributed by atoms with van der Waals surface area (Å²) < 4.78 is 2.96. The van der Waals surface area contributed by atoms with Gasteiger partial charge in [-0.05, 0) is 0 Å². The third-order valence-corrected chi connectivity index (χ3v) is 14.4. The first-order valence-electron chi connectivity index (χ1n) is 19.2. The van der Waals surface area contributed by atoms with Crippen LogP contribution in [-0.2, 0) is 0 Å². The zero-order chi connectivity index (χ0) is 34.9. The third-order valence-electron chi connectivity index (χ3n) is 12.0. The Balaban J connectivity index is 1.11. The van der Waals surface area contributed by atoms with Crippen LogP contribution in [0, 0.1) is 0 Å². The summed E-state index contributed by atoms with van der Waals surface area (Å²) in [5.74, 6) is 0.639. The van der Waals surface area contributed by atoms with E-state index in [2.05, 4.69) is 164 Å². The van der Waals surface area contributed by atoms with Crippen molar-refractivity contribution in [3.05, 3.63) is 169 Å². The molecule has 0 aliphatic heterocycles. The maximum absolute atomic E-state index is 2.51. The zero-order valence-corrected chi connectivity index (χ0v) is 31.3. The van der Waals surface area contributed by atoms with Gasteiger partial charge < -0.3 is 0 Å². The molecule has 0 amide bonds. The fourth-order valence-corrected chi connectivity index (χ4v) is 12.1. The van der Waals surface area contributed by atoms with Gasteiger partial charge in [-0.25, -0.2) is 0 Å². The molecule has 53 heavy (non-hydrogen) atoms. The van der Waals surface area contributed by atoms with Gasteiger partial charge in [-0.3, -0.25) is 0 Å². The molecule has 0 atom stereocenters. The van der Waals surface area contributed by atoms with E-state index in [0.717, 1.165) is 0 Å². The number of benzene rings is 9. The Kier molecular flexibility index (Phi) is 7.39. The van der Waals surface area contributed by atoms with E-state index in [-0.39, 0.29) is 14.5 Å². The van der Waals surface area contributed by atoms with Gasteiger partial charge in [0.1, 0.15) is 0 Å². The Bertz CT molecular complexity index is 2920. The zero-order valence-electron chi connectivity index (χ0n) is 29.6. The minimum atomic E-state index is 0.240. The van der Waals surface area contributed by atoms with Crippen molar-refractivity contribution in [2.45, 2.75) is 38.0 Å². The van der Waals surface area contributed by atoms with Crippen molar-refractivity contribution in [1.82, 2.24) is 0 Å². The predicted octanol–water partition coefficient (Wildman–Crippen LogP) is 14.7. The van der Waals surface area contributed by atoms with Gasteiger partial charge in [0, 0.05) is 0 Å². The molecule has 10 aromatic rings. The van der Waals surface area contributed by atoms with Crippen LogP contribution >= 0.6 is 0 Å². The average Bonchev–Trinajstić information content (AvgIpc) is 3.59. The van der Waals surface area contributed by atoms with Crippen LogP contribution in [0.15, 0.2) is 164 Å². The van der Waals surface area contributed by atoms with Crippen molar-refractivity contribution in [2.75, 3.05) is 0 Å². The molecule has 1 heterocycles. The van der Waals surface area contributed by atoms with Gasteiger partial charge in [-0.2, -0.15) is 0 Å². The summed E-state index contributed by atoms with van der Waals surface area (Å²) in [4.78, 5) is 0. The van der Waals surface area contributed by atoms with Crippen molar-refractivity contribution >= 4 is 76.9 Å². The predicted molar refractivity (Wildman–Crippen MR) is 231 cm³/mol. The summed E-state index contributed by atoms with van der Waals surface area (Å²) >= 11 is 0.240. The van der Waals surface area contributed by atoms with Gasteiger partial charge >= 0.3 is 318 Å². The van der Waals surface area contributed by atoms with Crippen LogP contribution in [0.25, 0.3) is 95.8 Å². The Labute approximate surface area is 316 Å². The minimum absolute atomic E-state index is 0.240. The fourth-order valence-electron chi connectivity index (χ4n) is 9.75. The number of hydrogen-bond donors (Lipinski definition) is 0. The molecule has 11 rings (SSSR count). The van der Waals surface area contributed by atoms with Crippen LogP contribution in [0.4, 0.5) is 0 Å². The first kappa shape index (κ1) is 31.1. The molecule has 0 saturated heterocycles. The summed E-state index contributed by atoms with van der Waals surface area (Å²) in [5.41, 5.74) is 9.51. The molecule has 0 bridgehead atoms. The molecule has 1 saturated carbocycles. The molecule has 0 nitrogen and oxygen atoms in total. The Hall–Kier alpha value is -5.46. The van der Waals surface area contributed by atoms with Gasteiger partial charge in [0.05, 0.1) is 0 Å². The van der Waals surface area contributed by atoms with Crippen LogP contribution in [-0.4, -0.2) is 14.5 Å². The van der Waals surface area contributed by atoms with E-state index < -0.39 is 0 Å². The average molecular weight is 742 g/mol.